The van der Waals surface area contributed by atoms with Crippen LogP contribution in [-0.4, -0.2) is 40.5 Å². The number of halogens is 2. The first-order valence-corrected chi connectivity index (χ1v) is 8.10. The van der Waals surface area contributed by atoms with Gasteiger partial charge in [-0.2, -0.15) is 0 Å². The predicted molar refractivity (Wildman–Crippen MR) is 79.2 cm³/mol. The highest BCUT2D eigenvalue weighted by Crippen LogP contribution is 2.25. The monoisotopic (exact) mass is 321 g/mol. The number of nitrogens with one attached hydrogen (secondary N) is 1. The van der Waals surface area contributed by atoms with E-state index in [0.717, 1.165) is 0 Å². The van der Waals surface area contributed by atoms with Gasteiger partial charge in [-0.15, -0.1) is 0 Å². The topological polar surface area (TPSA) is 75.4 Å². The second-order valence-corrected chi connectivity index (χ2v) is 6.55. The zero-order valence-corrected chi connectivity index (χ0v) is 12.9. The van der Waals surface area contributed by atoms with Crippen molar-refractivity contribution in [1.29, 1.82) is 0 Å². The maximum Gasteiger partial charge on any atom is 0.255 e. The summed E-state index contributed by atoms with van der Waals surface area (Å²) in [4.78, 5) is 1.27. The lowest BCUT2D eigenvalue weighted by molar-refractivity contribution is 0.155. The maximum atomic E-state index is 12.7. The molecule has 0 amide bonds. The van der Waals surface area contributed by atoms with Crippen molar-refractivity contribution >= 4 is 15.7 Å². The van der Waals surface area contributed by atoms with E-state index in [0.29, 0.717) is 0 Å². The quantitative estimate of drug-likeness (QED) is 0.759. The third-order valence-corrected chi connectivity index (χ3v) is 4.35. The summed E-state index contributed by atoms with van der Waals surface area (Å²) in [5, 5.41) is 0. The van der Waals surface area contributed by atoms with Gasteiger partial charge in [0, 0.05) is 19.1 Å². The minimum absolute atomic E-state index is 0.0206. The Bertz CT molecular complexity index is 550. The number of sulfonamides is 1. The molecule has 0 aliphatic rings. The molecule has 0 bridgehead atoms. The molecule has 0 aromatic heterocycles. The highest BCUT2D eigenvalue weighted by atomic mass is 32.2. The van der Waals surface area contributed by atoms with E-state index in [9.17, 15) is 17.2 Å². The van der Waals surface area contributed by atoms with Crippen molar-refractivity contribution in [3.05, 3.63) is 24.3 Å². The van der Waals surface area contributed by atoms with Crippen LogP contribution in [0, 0.1) is 0 Å². The second-order valence-electron chi connectivity index (χ2n) is 4.87. The van der Waals surface area contributed by atoms with Crippen molar-refractivity contribution in [1.82, 2.24) is 4.72 Å². The minimum Gasteiger partial charge on any atom is -0.363 e. The first-order chi connectivity index (χ1) is 9.77. The van der Waals surface area contributed by atoms with Crippen LogP contribution in [0.4, 0.5) is 14.5 Å². The highest BCUT2D eigenvalue weighted by molar-refractivity contribution is 7.89. The van der Waals surface area contributed by atoms with E-state index >= 15 is 0 Å². The Balaban J connectivity index is 3.23. The fourth-order valence-corrected chi connectivity index (χ4v) is 3.43. The normalized spacial score (nSPS) is 12.1. The summed E-state index contributed by atoms with van der Waals surface area (Å²) < 4.78 is 52.4. The molecule has 0 unspecified atom stereocenters. The molecular formula is C13H21F2N3O2S. The molecular weight excluding hydrogens is 300 g/mol. The number of alkyl halides is 2. The third-order valence-electron chi connectivity index (χ3n) is 2.64. The summed E-state index contributed by atoms with van der Waals surface area (Å²) in [5.41, 5.74) is 5.66. The zero-order chi connectivity index (χ0) is 16.0. The van der Waals surface area contributed by atoms with Gasteiger partial charge in [-0.25, -0.2) is 21.9 Å². The van der Waals surface area contributed by atoms with E-state index in [1.807, 2.05) is 0 Å². The molecule has 0 heterocycles. The Morgan fingerprint density at radius 3 is 2.43 bits per heavy atom. The molecule has 0 radical (unpaired) electrons. The van der Waals surface area contributed by atoms with Crippen LogP contribution >= 0.6 is 0 Å². The summed E-state index contributed by atoms with van der Waals surface area (Å²) in [7, 11) is -3.77. The summed E-state index contributed by atoms with van der Waals surface area (Å²) >= 11 is 0. The van der Waals surface area contributed by atoms with Gasteiger partial charge in [0.1, 0.15) is 4.90 Å². The summed E-state index contributed by atoms with van der Waals surface area (Å²) in [6, 6.07) is 5.78. The van der Waals surface area contributed by atoms with E-state index in [1.54, 1.807) is 26.0 Å². The Morgan fingerprint density at radius 2 is 1.90 bits per heavy atom. The molecule has 0 spiro atoms. The molecule has 1 aromatic rings. The molecule has 0 aliphatic heterocycles. The van der Waals surface area contributed by atoms with Gasteiger partial charge in [-0.1, -0.05) is 12.1 Å². The molecule has 0 fully saturated rings. The summed E-state index contributed by atoms with van der Waals surface area (Å²) in [6.45, 7) is 3.12. The molecule has 0 saturated heterocycles. The standard InChI is InChI=1S/C13H21F2N3O2S/c1-10(2)17-21(19,20)12-6-4-3-5-11(12)18(8-7-16)9-13(14)15/h3-6,10,13,17H,7-9,16H2,1-2H3. The van der Waals surface area contributed by atoms with Crippen molar-refractivity contribution in [2.45, 2.75) is 31.2 Å². The van der Waals surface area contributed by atoms with Gasteiger partial charge >= 0.3 is 0 Å². The highest BCUT2D eigenvalue weighted by Gasteiger charge is 2.23. The van der Waals surface area contributed by atoms with Gasteiger partial charge in [-0.3, -0.25) is 0 Å². The van der Waals surface area contributed by atoms with Gasteiger partial charge in [0.15, 0.2) is 0 Å². The summed E-state index contributed by atoms with van der Waals surface area (Å²) in [6.07, 6.45) is -2.58. The van der Waals surface area contributed by atoms with Gasteiger partial charge in [0.25, 0.3) is 6.43 Å². The molecule has 1 aromatic carbocycles. The molecule has 21 heavy (non-hydrogen) atoms. The Labute approximate surface area is 124 Å². The Morgan fingerprint density at radius 1 is 1.29 bits per heavy atom. The number of nitrogens with zero attached hydrogens (tertiary/aromatic N) is 1. The van der Waals surface area contributed by atoms with Crippen molar-refractivity contribution in [2.24, 2.45) is 5.73 Å². The van der Waals surface area contributed by atoms with Crippen LogP contribution in [0.25, 0.3) is 0 Å². The van der Waals surface area contributed by atoms with Crippen molar-refractivity contribution in [2.75, 3.05) is 24.5 Å². The average Bonchev–Trinajstić information content (AvgIpc) is 2.36. The molecule has 0 saturated carbocycles. The fraction of sp³-hybridized carbons (Fsp3) is 0.538. The maximum absolute atomic E-state index is 12.7. The fourth-order valence-electron chi connectivity index (χ4n) is 1.95. The number of hydrogen-bond donors (Lipinski definition) is 2. The van der Waals surface area contributed by atoms with Gasteiger partial charge < -0.3 is 10.6 Å². The van der Waals surface area contributed by atoms with E-state index in [4.69, 9.17) is 5.73 Å². The Hall–Kier alpha value is -1.25. The van der Waals surface area contributed by atoms with Crippen LogP contribution in [0.2, 0.25) is 0 Å². The molecule has 1 rings (SSSR count). The van der Waals surface area contributed by atoms with Crippen LogP contribution in [0.15, 0.2) is 29.2 Å². The largest absolute Gasteiger partial charge is 0.363 e. The minimum atomic E-state index is -3.77. The predicted octanol–water partition coefficient (Wildman–Crippen LogP) is 1.40. The molecule has 5 nitrogen and oxygen atoms in total. The van der Waals surface area contributed by atoms with Gasteiger partial charge in [-0.05, 0) is 26.0 Å². The number of hydrogen-bond acceptors (Lipinski definition) is 4. The Kier molecular flexibility index (Phi) is 6.50. The van der Waals surface area contributed by atoms with Crippen molar-refractivity contribution in [3.63, 3.8) is 0 Å². The van der Waals surface area contributed by atoms with Crippen LogP contribution in [0.3, 0.4) is 0 Å². The number of anilines is 1. The first-order valence-electron chi connectivity index (χ1n) is 6.62. The zero-order valence-electron chi connectivity index (χ0n) is 12.1. The van der Waals surface area contributed by atoms with E-state index in [1.165, 1.54) is 17.0 Å². The van der Waals surface area contributed by atoms with E-state index < -0.39 is 23.0 Å². The van der Waals surface area contributed by atoms with Crippen molar-refractivity contribution in [3.8, 4) is 0 Å². The molecule has 120 valence electrons. The molecule has 0 atom stereocenters. The average molecular weight is 321 g/mol. The molecule has 0 aliphatic carbocycles. The van der Waals surface area contributed by atoms with Crippen LogP contribution in [-0.2, 0) is 10.0 Å². The SMILES string of the molecule is CC(C)NS(=O)(=O)c1ccccc1N(CCN)CC(F)F. The van der Waals surface area contributed by atoms with Gasteiger partial charge in [0.2, 0.25) is 10.0 Å². The van der Waals surface area contributed by atoms with Crippen LogP contribution in [0.5, 0.6) is 0 Å². The van der Waals surface area contributed by atoms with E-state index in [2.05, 4.69) is 4.72 Å². The lowest BCUT2D eigenvalue weighted by Gasteiger charge is -2.26. The smallest absolute Gasteiger partial charge is 0.255 e. The first kappa shape index (κ1) is 17.8. The number of benzene rings is 1. The number of rotatable bonds is 8. The summed E-state index contributed by atoms with van der Waals surface area (Å²) in [5.74, 6) is 0. The van der Waals surface area contributed by atoms with Crippen LogP contribution in [0.1, 0.15) is 13.8 Å². The second kappa shape index (κ2) is 7.67. The lowest BCUT2D eigenvalue weighted by atomic mass is 10.3. The molecule has 8 heteroatoms. The van der Waals surface area contributed by atoms with E-state index in [-0.39, 0.29) is 29.7 Å². The van der Waals surface area contributed by atoms with Crippen LogP contribution < -0.4 is 15.4 Å². The molecule has 3 N–H and O–H groups in total. The number of nitrogens with two attached hydrogens (primary N) is 1. The lowest BCUT2D eigenvalue weighted by Crippen LogP contribution is -2.36. The number of para-hydroxylation sites is 1. The van der Waals surface area contributed by atoms with Gasteiger partial charge in [0.05, 0.1) is 12.2 Å². The van der Waals surface area contributed by atoms with Crippen molar-refractivity contribution < 1.29 is 17.2 Å². The third kappa shape index (κ3) is 5.22.